The van der Waals surface area contributed by atoms with Crippen molar-refractivity contribution in [3.63, 3.8) is 0 Å². The third-order valence-corrected chi connectivity index (χ3v) is 2.86. The molecule has 2 rings (SSSR count). The van der Waals surface area contributed by atoms with Gasteiger partial charge in [0.25, 0.3) is 0 Å². The second kappa shape index (κ2) is 4.35. The molecular formula is C12H13NO3. The molecule has 1 atom stereocenters. The highest BCUT2D eigenvalue weighted by Crippen LogP contribution is 2.18. The molecule has 1 aliphatic rings. The number of likely N-dealkylation sites (tertiary alicyclic amines) is 1. The van der Waals surface area contributed by atoms with Crippen LogP contribution in [0.5, 0.6) is 0 Å². The zero-order valence-electron chi connectivity index (χ0n) is 8.80. The van der Waals surface area contributed by atoms with Gasteiger partial charge in [-0.25, -0.2) is 4.79 Å². The molecule has 16 heavy (non-hydrogen) atoms. The van der Waals surface area contributed by atoms with Crippen molar-refractivity contribution in [2.45, 2.75) is 18.9 Å². The third-order valence-electron chi connectivity index (χ3n) is 2.86. The maximum Gasteiger partial charge on any atom is 0.407 e. The van der Waals surface area contributed by atoms with Gasteiger partial charge in [0.15, 0.2) is 5.78 Å². The average molecular weight is 219 g/mol. The zero-order valence-corrected chi connectivity index (χ0v) is 8.80. The molecular weight excluding hydrogens is 206 g/mol. The number of benzene rings is 1. The van der Waals surface area contributed by atoms with Crippen LogP contribution in [-0.4, -0.2) is 34.5 Å². The van der Waals surface area contributed by atoms with Crippen molar-refractivity contribution in [3.8, 4) is 0 Å². The lowest BCUT2D eigenvalue weighted by Crippen LogP contribution is -2.38. The van der Waals surface area contributed by atoms with Crippen LogP contribution in [0.25, 0.3) is 0 Å². The van der Waals surface area contributed by atoms with Crippen LogP contribution in [0.2, 0.25) is 0 Å². The molecule has 1 N–H and O–H groups in total. The highest BCUT2D eigenvalue weighted by molar-refractivity contribution is 5.90. The van der Waals surface area contributed by atoms with E-state index in [1.54, 1.807) is 0 Å². The molecule has 0 radical (unpaired) electrons. The summed E-state index contributed by atoms with van der Waals surface area (Å²) in [6.07, 6.45) is -0.192. The number of Topliss-reactive ketones (excluding diaryl/α,β-unsaturated/α-hetero) is 1. The summed E-state index contributed by atoms with van der Waals surface area (Å²) in [5.74, 6) is 0.0197. The van der Waals surface area contributed by atoms with Gasteiger partial charge in [-0.05, 0) is 5.56 Å². The van der Waals surface area contributed by atoms with Gasteiger partial charge in [-0.1, -0.05) is 30.3 Å². The summed E-state index contributed by atoms with van der Waals surface area (Å²) in [5.41, 5.74) is 0.994. The number of amides is 1. The highest BCUT2D eigenvalue weighted by atomic mass is 16.4. The van der Waals surface area contributed by atoms with Crippen LogP contribution in [0.3, 0.4) is 0 Å². The van der Waals surface area contributed by atoms with E-state index in [2.05, 4.69) is 0 Å². The third kappa shape index (κ3) is 2.05. The number of hydrogen-bond donors (Lipinski definition) is 1. The minimum Gasteiger partial charge on any atom is -0.465 e. The van der Waals surface area contributed by atoms with Crippen molar-refractivity contribution < 1.29 is 14.7 Å². The standard InChI is InChI=1S/C12H13NO3/c14-11-6-7-13(12(15)16)10(11)8-9-4-2-1-3-5-9/h1-5,10H,6-8H2,(H,15,16). The lowest BCUT2D eigenvalue weighted by molar-refractivity contribution is -0.119. The number of ketones is 1. The molecule has 0 spiro atoms. The number of carboxylic acid groups (broad SMARTS) is 1. The lowest BCUT2D eigenvalue weighted by Gasteiger charge is -2.19. The number of nitrogens with zero attached hydrogens (tertiary/aromatic N) is 1. The minimum absolute atomic E-state index is 0.0197. The predicted octanol–water partition coefficient (Wildman–Crippen LogP) is 1.55. The van der Waals surface area contributed by atoms with Crippen molar-refractivity contribution in [1.29, 1.82) is 0 Å². The second-order valence-electron chi connectivity index (χ2n) is 3.90. The highest BCUT2D eigenvalue weighted by Gasteiger charge is 2.35. The Kier molecular flexibility index (Phi) is 2.90. The van der Waals surface area contributed by atoms with Gasteiger partial charge in [0, 0.05) is 19.4 Å². The molecule has 1 amide bonds. The summed E-state index contributed by atoms with van der Waals surface area (Å²) < 4.78 is 0. The minimum atomic E-state index is -1.01. The van der Waals surface area contributed by atoms with Crippen molar-refractivity contribution in [2.24, 2.45) is 0 Å². The number of carbonyl (C=O) groups is 2. The topological polar surface area (TPSA) is 57.6 Å². The van der Waals surface area contributed by atoms with E-state index in [-0.39, 0.29) is 5.78 Å². The van der Waals surface area contributed by atoms with Crippen LogP contribution in [0, 0.1) is 0 Å². The summed E-state index contributed by atoms with van der Waals surface area (Å²) in [4.78, 5) is 23.7. The SMILES string of the molecule is O=C1CCN(C(=O)O)C1Cc1ccccc1. The summed E-state index contributed by atoms with van der Waals surface area (Å²) >= 11 is 0. The van der Waals surface area contributed by atoms with E-state index in [0.29, 0.717) is 19.4 Å². The number of rotatable bonds is 2. The molecule has 1 aliphatic heterocycles. The molecule has 4 heteroatoms. The molecule has 1 fully saturated rings. The van der Waals surface area contributed by atoms with Gasteiger partial charge in [0.05, 0.1) is 6.04 Å². The quantitative estimate of drug-likeness (QED) is 0.821. The van der Waals surface area contributed by atoms with Gasteiger partial charge >= 0.3 is 6.09 Å². The van der Waals surface area contributed by atoms with E-state index >= 15 is 0 Å². The Morgan fingerprint density at radius 3 is 2.69 bits per heavy atom. The molecule has 1 saturated heterocycles. The van der Waals surface area contributed by atoms with E-state index < -0.39 is 12.1 Å². The summed E-state index contributed by atoms with van der Waals surface area (Å²) in [7, 11) is 0. The van der Waals surface area contributed by atoms with Gasteiger partial charge in [-0.2, -0.15) is 0 Å². The smallest absolute Gasteiger partial charge is 0.407 e. The first-order valence-electron chi connectivity index (χ1n) is 5.24. The first-order valence-corrected chi connectivity index (χ1v) is 5.24. The van der Waals surface area contributed by atoms with Crippen LogP contribution >= 0.6 is 0 Å². The lowest BCUT2D eigenvalue weighted by atomic mass is 10.0. The molecule has 84 valence electrons. The largest absolute Gasteiger partial charge is 0.465 e. The number of hydrogen-bond acceptors (Lipinski definition) is 2. The monoisotopic (exact) mass is 219 g/mol. The summed E-state index contributed by atoms with van der Waals surface area (Å²) in [6.45, 7) is 0.325. The molecule has 0 bridgehead atoms. The first kappa shape index (κ1) is 10.7. The molecule has 1 unspecified atom stereocenters. The van der Waals surface area contributed by atoms with E-state index in [1.165, 1.54) is 4.90 Å². The van der Waals surface area contributed by atoms with Gasteiger partial charge < -0.3 is 5.11 Å². The Hall–Kier alpha value is -1.84. The van der Waals surface area contributed by atoms with Crippen LogP contribution in [0.15, 0.2) is 30.3 Å². The fourth-order valence-electron chi connectivity index (χ4n) is 2.02. The van der Waals surface area contributed by atoms with Crippen LogP contribution < -0.4 is 0 Å². The Balaban J connectivity index is 2.13. The molecule has 4 nitrogen and oxygen atoms in total. The fourth-order valence-corrected chi connectivity index (χ4v) is 2.02. The van der Waals surface area contributed by atoms with Crippen molar-refractivity contribution >= 4 is 11.9 Å². The predicted molar refractivity (Wildman–Crippen MR) is 58.3 cm³/mol. The Morgan fingerprint density at radius 1 is 1.38 bits per heavy atom. The Morgan fingerprint density at radius 2 is 2.06 bits per heavy atom. The molecule has 1 aromatic carbocycles. The van der Waals surface area contributed by atoms with Gasteiger partial charge in [0.1, 0.15) is 0 Å². The van der Waals surface area contributed by atoms with Crippen LogP contribution in [0.1, 0.15) is 12.0 Å². The number of carbonyl (C=O) groups excluding carboxylic acids is 1. The summed E-state index contributed by atoms with van der Waals surface area (Å²) in [5, 5.41) is 8.95. The average Bonchev–Trinajstić information content (AvgIpc) is 2.62. The van der Waals surface area contributed by atoms with Gasteiger partial charge in [0.2, 0.25) is 0 Å². The maximum atomic E-state index is 11.6. The van der Waals surface area contributed by atoms with E-state index in [1.807, 2.05) is 30.3 Å². The Bertz CT molecular complexity index is 402. The van der Waals surface area contributed by atoms with Crippen LogP contribution in [-0.2, 0) is 11.2 Å². The second-order valence-corrected chi connectivity index (χ2v) is 3.90. The van der Waals surface area contributed by atoms with Gasteiger partial charge in [-0.15, -0.1) is 0 Å². The zero-order chi connectivity index (χ0) is 11.5. The van der Waals surface area contributed by atoms with Crippen molar-refractivity contribution in [1.82, 2.24) is 4.90 Å². The van der Waals surface area contributed by atoms with Crippen LogP contribution in [0.4, 0.5) is 4.79 Å². The van der Waals surface area contributed by atoms with Crippen molar-refractivity contribution in [2.75, 3.05) is 6.54 Å². The Labute approximate surface area is 93.5 Å². The maximum absolute atomic E-state index is 11.6. The fraction of sp³-hybridized carbons (Fsp3) is 0.333. The van der Waals surface area contributed by atoms with E-state index in [4.69, 9.17) is 5.11 Å². The normalized spacial score (nSPS) is 20.1. The first-order chi connectivity index (χ1) is 7.68. The van der Waals surface area contributed by atoms with E-state index in [9.17, 15) is 9.59 Å². The molecule has 1 heterocycles. The van der Waals surface area contributed by atoms with Crippen molar-refractivity contribution in [3.05, 3.63) is 35.9 Å². The molecule has 0 aromatic heterocycles. The molecule has 0 saturated carbocycles. The molecule has 1 aromatic rings. The summed E-state index contributed by atoms with van der Waals surface area (Å²) in [6, 6.07) is 8.99. The van der Waals surface area contributed by atoms with Gasteiger partial charge in [-0.3, -0.25) is 9.69 Å². The van der Waals surface area contributed by atoms with E-state index in [0.717, 1.165) is 5.56 Å². The molecule has 0 aliphatic carbocycles.